The highest BCUT2D eigenvalue weighted by atomic mass is 16.5. The Morgan fingerprint density at radius 1 is 1.41 bits per heavy atom. The van der Waals surface area contributed by atoms with Crippen LogP contribution < -0.4 is 10.1 Å². The van der Waals surface area contributed by atoms with Crippen LogP contribution in [0, 0.1) is 5.92 Å². The number of nitrogens with zero attached hydrogens (tertiary/aromatic N) is 3. The minimum absolute atomic E-state index is 0.0647. The zero-order valence-corrected chi connectivity index (χ0v) is 12.9. The Balaban J connectivity index is 1.67. The van der Waals surface area contributed by atoms with Gasteiger partial charge in [-0.2, -0.15) is 4.98 Å². The van der Waals surface area contributed by atoms with E-state index < -0.39 is 0 Å². The number of nitrogens with one attached hydrogen (secondary N) is 3. The van der Waals surface area contributed by atoms with Gasteiger partial charge >= 0.3 is 6.01 Å². The SMILES string of the molecule is COc1n[nH]c(NC(=O)C2CCc3nc(C(C)C)[nH]c3C2)n1. The largest absolute Gasteiger partial charge is 0.466 e. The molecule has 0 fully saturated rings. The van der Waals surface area contributed by atoms with Crippen molar-refractivity contribution in [2.24, 2.45) is 5.92 Å². The minimum Gasteiger partial charge on any atom is -0.466 e. The zero-order chi connectivity index (χ0) is 15.7. The smallest absolute Gasteiger partial charge is 0.336 e. The molecule has 0 radical (unpaired) electrons. The molecule has 0 saturated heterocycles. The van der Waals surface area contributed by atoms with E-state index in [4.69, 9.17) is 4.74 Å². The molecule has 1 aliphatic rings. The van der Waals surface area contributed by atoms with Crippen LogP contribution in [-0.4, -0.2) is 38.2 Å². The van der Waals surface area contributed by atoms with E-state index in [2.05, 4.69) is 44.3 Å². The average molecular weight is 304 g/mol. The topological polar surface area (TPSA) is 109 Å². The molecule has 22 heavy (non-hydrogen) atoms. The van der Waals surface area contributed by atoms with Gasteiger partial charge in [0.25, 0.3) is 0 Å². The number of hydrogen-bond acceptors (Lipinski definition) is 5. The van der Waals surface area contributed by atoms with Crippen molar-refractivity contribution in [1.82, 2.24) is 25.1 Å². The first-order chi connectivity index (χ1) is 10.6. The maximum Gasteiger partial charge on any atom is 0.336 e. The van der Waals surface area contributed by atoms with Crippen molar-refractivity contribution in [1.29, 1.82) is 0 Å². The van der Waals surface area contributed by atoms with Crippen LogP contribution in [0.1, 0.15) is 43.4 Å². The van der Waals surface area contributed by atoms with Crippen molar-refractivity contribution >= 4 is 11.9 Å². The van der Waals surface area contributed by atoms with Crippen molar-refractivity contribution < 1.29 is 9.53 Å². The van der Waals surface area contributed by atoms with Crippen LogP contribution >= 0.6 is 0 Å². The Bertz CT molecular complexity index is 675. The third-order valence-electron chi connectivity index (χ3n) is 3.87. The molecule has 0 aliphatic heterocycles. The fourth-order valence-corrected chi connectivity index (χ4v) is 2.61. The molecular formula is C14H20N6O2. The number of carbonyl (C=O) groups excluding carboxylic acids is 1. The molecule has 0 spiro atoms. The van der Waals surface area contributed by atoms with Gasteiger partial charge in [-0.25, -0.2) is 10.1 Å². The predicted molar refractivity (Wildman–Crippen MR) is 79.8 cm³/mol. The zero-order valence-electron chi connectivity index (χ0n) is 12.9. The van der Waals surface area contributed by atoms with Crippen molar-refractivity contribution in [3.8, 4) is 6.01 Å². The molecule has 0 aromatic carbocycles. The van der Waals surface area contributed by atoms with Crippen LogP contribution in [0.3, 0.4) is 0 Å². The average Bonchev–Trinajstić information content (AvgIpc) is 3.12. The van der Waals surface area contributed by atoms with E-state index in [1.165, 1.54) is 7.11 Å². The minimum atomic E-state index is -0.0935. The van der Waals surface area contributed by atoms with E-state index in [9.17, 15) is 4.79 Å². The maximum atomic E-state index is 12.3. The number of imidazole rings is 1. The molecule has 0 saturated carbocycles. The van der Waals surface area contributed by atoms with E-state index >= 15 is 0 Å². The van der Waals surface area contributed by atoms with Gasteiger partial charge in [-0.05, 0) is 12.8 Å². The predicted octanol–water partition coefficient (Wildman–Crippen LogP) is 1.40. The molecular weight excluding hydrogens is 284 g/mol. The molecule has 118 valence electrons. The molecule has 0 bridgehead atoms. The summed E-state index contributed by atoms with van der Waals surface area (Å²) >= 11 is 0. The summed E-state index contributed by atoms with van der Waals surface area (Å²) in [4.78, 5) is 24.3. The van der Waals surface area contributed by atoms with Gasteiger partial charge in [0.2, 0.25) is 11.9 Å². The maximum absolute atomic E-state index is 12.3. The molecule has 1 amide bonds. The van der Waals surface area contributed by atoms with E-state index in [0.717, 1.165) is 30.1 Å². The number of methoxy groups -OCH3 is 1. The standard InChI is InChI=1S/C14H20N6O2/c1-7(2)11-15-9-5-4-8(6-10(9)16-11)12(21)17-13-18-14(22-3)20-19-13/h7-8H,4-6H2,1-3H3,(H,15,16)(H2,17,18,19,20,21). The lowest BCUT2D eigenvalue weighted by atomic mass is 9.89. The molecule has 3 rings (SSSR count). The van der Waals surface area contributed by atoms with Gasteiger partial charge in [-0.1, -0.05) is 13.8 Å². The Morgan fingerprint density at radius 2 is 2.23 bits per heavy atom. The highest BCUT2D eigenvalue weighted by Crippen LogP contribution is 2.26. The van der Waals surface area contributed by atoms with E-state index in [0.29, 0.717) is 18.3 Å². The number of amides is 1. The summed E-state index contributed by atoms with van der Waals surface area (Å²) in [5.74, 6) is 1.50. The van der Waals surface area contributed by atoms with Gasteiger partial charge in [0, 0.05) is 24.0 Å². The second kappa shape index (κ2) is 5.78. The lowest BCUT2D eigenvalue weighted by Crippen LogP contribution is -2.28. The number of H-pyrrole nitrogens is 2. The number of aryl methyl sites for hydroxylation is 1. The summed E-state index contributed by atoms with van der Waals surface area (Å²) in [5, 5.41) is 9.17. The fourth-order valence-electron chi connectivity index (χ4n) is 2.61. The van der Waals surface area contributed by atoms with Crippen LogP contribution in [0.25, 0.3) is 0 Å². The molecule has 3 N–H and O–H groups in total. The Kier molecular flexibility index (Phi) is 3.82. The van der Waals surface area contributed by atoms with Crippen LogP contribution in [0.2, 0.25) is 0 Å². The molecule has 1 unspecified atom stereocenters. The molecule has 8 heteroatoms. The van der Waals surface area contributed by atoms with Crippen LogP contribution in [0.15, 0.2) is 0 Å². The van der Waals surface area contributed by atoms with Gasteiger partial charge in [-0.15, -0.1) is 5.10 Å². The summed E-state index contributed by atoms with van der Waals surface area (Å²) in [6.45, 7) is 4.21. The third-order valence-corrected chi connectivity index (χ3v) is 3.87. The number of anilines is 1. The van der Waals surface area contributed by atoms with E-state index in [1.807, 2.05) is 0 Å². The van der Waals surface area contributed by atoms with Gasteiger partial charge in [0.05, 0.1) is 12.8 Å². The van der Waals surface area contributed by atoms with E-state index in [-0.39, 0.29) is 17.8 Å². The third kappa shape index (κ3) is 2.81. The number of aromatic nitrogens is 5. The first-order valence-corrected chi connectivity index (χ1v) is 7.41. The molecule has 1 aliphatic carbocycles. The first-order valence-electron chi connectivity index (χ1n) is 7.41. The van der Waals surface area contributed by atoms with Crippen LogP contribution in [0.5, 0.6) is 6.01 Å². The van der Waals surface area contributed by atoms with Gasteiger partial charge in [0.15, 0.2) is 0 Å². The monoisotopic (exact) mass is 304 g/mol. The Labute approximate surface area is 128 Å². The molecule has 1 atom stereocenters. The van der Waals surface area contributed by atoms with Crippen molar-refractivity contribution in [3.05, 3.63) is 17.2 Å². The highest BCUT2D eigenvalue weighted by Gasteiger charge is 2.28. The number of aromatic amines is 2. The molecule has 8 nitrogen and oxygen atoms in total. The number of rotatable bonds is 4. The second-order valence-electron chi connectivity index (χ2n) is 5.80. The summed E-state index contributed by atoms with van der Waals surface area (Å²) in [6.07, 6.45) is 2.27. The first kappa shape index (κ1) is 14.6. The van der Waals surface area contributed by atoms with Crippen LogP contribution in [-0.2, 0) is 17.6 Å². The number of fused-ring (bicyclic) bond motifs is 1. The quantitative estimate of drug-likeness (QED) is 0.791. The number of carbonyl (C=O) groups is 1. The lowest BCUT2D eigenvalue weighted by Gasteiger charge is -2.19. The Hall–Kier alpha value is -2.38. The number of ether oxygens (including phenoxy) is 1. The molecule has 2 aromatic heterocycles. The van der Waals surface area contributed by atoms with Gasteiger partial charge in [-0.3, -0.25) is 10.1 Å². The van der Waals surface area contributed by atoms with Crippen molar-refractivity contribution in [2.75, 3.05) is 12.4 Å². The summed E-state index contributed by atoms with van der Waals surface area (Å²) < 4.78 is 4.88. The second-order valence-corrected chi connectivity index (χ2v) is 5.80. The Morgan fingerprint density at radius 3 is 2.91 bits per heavy atom. The van der Waals surface area contributed by atoms with Crippen LogP contribution in [0.4, 0.5) is 5.95 Å². The molecule has 2 aromatic rings. The lowest BCUT2D eigenvalue weighted by molar-refractivity contribution is -0.120. The summed E-state index contributed by atoms with van der Waals surface area (Å²) in [5.41, 5.74) is 2.17. The van der Waals surface area contributed by atoms with Gasteiger partial charge < -0.3 is 9.72 Å². The fraction of sp³-hybridized carbons (Fsp3) is 0.571. The van der Waals surface area contributed by atoms with Crippen molar-refractivity contribution in [2.45, 2.75) is 39.0 Å². The van der Waals surface area contributed by atoms with E-state index in [1.54, 1.807) is 0 Å². The summed E-state index contributed by atoms with van der Waals surface area (Å²) in [7, 11) is 1.47. The van der Waals surface area contributed by atoms with Gasteiger partial charge in [0.1, 0.15) is 5.82 Å². The number of hydrogen-bond donors (Lipinski definition) is 3. The molecule has 2 heterocycles. The summed E-state index contributed by atoms with van der Waals surface area (Å²) in [6, 6.07) is 0.205. The highest BCUT2D eigenvalue weighted by molar-refractivity contribution is 5.91. The normalized spacial score (nSPS) is 17.4. The van der Waals surface area contributed by atoms with Crippen molar-refractivity contribution in [3.63, 3.8) is 0 Å².